The third kappa shape index (κ3) is 9.74. The van der Waals surface area contributed by atoms with E-state index in [0.29, 0.717) is 134 Å². The molecule has 0 fully saturated rings. The Labute approximate surface area is 526 Å². The molecule has 0 spiro atoms. The maximum Gasteiger partial charge on any atom is 0.162 e. The molecule has 0 saturated carbocycles. The minimum Gasteiger partial charge on any atom is -0.308 e. The first-order valence-corrected chi connectivity index (χ1v) is 28.7. The second-order valence-electron chi connectivity index (χ2n) is 21.9. The first-order valence-electron chi connectivity index (χ1n) is 28.7. The van der Waals surface area contributed by atoms with E-state index >= 15 is 0 Å². The summed E-state index contributed by atoms with van der Waals surface area (Å²) in [6.45, 7) is 0. The molecule has 418 valence electrons. The van der Waals surface area contributed by atoms with Crippen LogP contribution in [0.2, 0.25) is 0 Å². The van der Waals surface area contributed by atoms with Crippen LogP contribution in [0.25, 0.3) is 133 Å². The Balaban J connectivity index is 1.10. The van der Waals surface area contributed by atoms with Gasteiger partial charge in [-0.25, -0.2) is 9.97 Å². The van der Waals surface area contributed by atoms with Crippen molar-refractivity contribution >= 4 is 43.6 Å². The molecule has 0 aliphatic carbocycles. The summed E-state index contributed by atoms with van der Waals surface area (Å²) in [5.74, 6) is 0.325. The lowest BCUT2D eigenvalue weighted by Gasteiger charge is -2.19. The van der Waals surface area contributed by atoms with Gasteiger partial charge in [-0.05, 0) is 184 Å². The van der Waals surface area contributed by atoms with Crippen molar-refractivity contribution in [2.24, 2.45) is 0 Å². The molecule has 13 nitrogen and oxygen atoms in total. The largest absolute Gasteiger partial charge is 0.308 e. The van der Waals surface area contributed by atoms with E-state index in [0.717, 1.165) is 43.8 Å². The van der Waals surface area contributed by atoms with Gasteiger partial charge in [-0.2, -0.15) is 47.4 Å². The average molecular weight is 1170 g/mol. The molecule has 0 amide bonds. The number of rotatable bonds is 9. The van der Waals surface area contributed by atoms with Crippen molar-refractivity contribution in [2.75, 3.05) is 0 Å². The number of nitriles is 9. The second-order valence-corrected chi connectivity index (χ2v) is 21.9. The fraction of sp³-hybridized carbons (Fsp3) is 0. The first kappa shape index (κ1) is 55.4. The van der Waals surface area contributed by atoms with Crippen LogP contribution in [0.15, 0.2) is 224 Å². The molecule has 13 heteroatoms. The number of hydrogen-bond acceptors (Lipinski definition) is 11. The number of fused-ring (bicyclic) bond motifs is 6. The van der Waals surface area contributed by atoms with Gasteiger partial charge in [0.15, 0.2) is 5.82 Å². The van der Waals surface area contributed by atoms with Crippen molar-refractivity contribution in [3.63, 3.8) is 0 Å². The molecule has 0 radical (unpaired) electrons. The van der Waals surface area contributed by atoms with Crippen molar-refractivity contribution in [3.05, 3.63) is 275 Å². The van der Waals surface area contributed by atoms with Gasteiger partial charge < -0.3 is 9.13 Å². The normalized spacial score (nSPS) is 10.7. The monoisotopic (exact) mass is 1170 g/mol. The quantitative estimate of drug-likeness (QED) is 0.131. The number of benzene rings is 11. The molecule has 92 heavy (non-hydrogen) atoms. The smallest absolute Gasteiger partial charge is 0.162 e. The summed E-state index contributed by atoms with van der Waals surface area (Å²) in [5.41, 5.74) is 15.5. The Kier molecular flexibility index (Phi) is 13.7. The zero-order valence-electron chi connectivity index (χ0n) is 48.2. The van der Waals surface area contributed by atoms with Crippen molar-refractivity contribution in [2.45, 2.75) is 0 Å². The van der Waals surface area contributed by atoms with E-state index in [1.54, 1.807) is 60.7 Å². The molecule has 14 rings (SSSR count). The fourth-order valence-electron chi connectivity index (χ4n) is 12.3. The summed E-state index contributed by atoms with van der Waals surface area (Å²) >= 11 is 0. The Morgan fingerprint density at radius 3 is 0.815 bits per heavy atom. The maximum atomic E-state index is 11.8. The molecular weight excluding hydrogens is 1130 g/mol. The second kappa shape index (κ2) is 22.7. The molecule has 11 aromatic carbocycles. The summed E-state index contributed by atoms with van der Waals surface area (Å²) in [6, 6.07) is 89.2. The van der Waals surface area contributed by atoms with Crippen LogP contribution in [0, 0.1) is 102 Å². The molecule has 3 heterocycles. The van der Waals surface area contributed by atoms with Crippen LogP contribution in [0.3, 0.4) is 0 Å². The number of nitrogens with zero attached hydrogens (tertiary/aromatic N) is 13. The number of hydrogen-bond donors (Lipinski definition) is 0. The molecule has 0 aliphatic heterocycles. The maximum absolute atomic E-state index is 11.8. The van der Waals surface area contributed by atoms with Gasteiger partial charge in [-0.1, -0.05) is 84.9 Å². The lowest BCUT2D eigenvalue weighted by Crippen LogP contribution is -2.06. The van der Waals surface area contributed by atoms with Crippen LogP contribution in [0.4, 0.5) is 0 Å². The first-order chi connectivity index (χ1) is 45.1. The van der Waals surface area contributed by atoms with Gasteiger partial charge in [-0.3, -0.25) is 0 Å². The highest BCUT2D eigenvalue weighted by Crippen LogP contribution is 2.45. The highest BCUT2D eigenvalue weighted by atomic mass is 15.0. The van der Waals surface area contributed by atoms with Crippen molar-refractivity contribution < 1.29 is 0 Å². The standard InChI is InChI=1S/C79H37N13/c80-38-47-19-48(39-81)24-61(23-47)57-11-15-73-66(31-57)67-32-58(62-25-49(40-82)20-50(26-62)41-83)12-16-74(67)91(73)77-36-70(79-89-71(55-7-3-1-4-8-55)37-72(90-79)56-9-5-2-6-10-56)78(35-65(77)46-88)92-75-17-13-59(63-27-51(42-84)21-52(28-63)43-85)33-68(75)69-34-60(14-18-76(69)92)64-29-53(44-86)22-54(30-64)45-87/h1-37H. The third-order valence-electron chi connectivity index (χ3n) is 16.5. The lowest BCUT2D eigenvalue weighted by molar-refractivity contribution is 1.11. The van der Waals surface area contributed by atoms with Crippen molar-refractivity contribution in [1.29, 1.82) is 47.4 Å². The third-order valence-corrected chi connectivity index (χ3v) is 16.5. The molecule has 14 aromatic rings. The minimum absolute atomic E-state index is 0.261. The Morgan fingerprint density at radius 2 is 0.533 bits per heavy atom. The molecule has 3 aromatic heterocycles. The van der Waals surface area contributed by atoms with Gasteiger partial charge in [0.25, 0.3) is 0 Å². The Bertz CT molecular complexity index is 5490. The molecular formula is C79H37N13. The topological polar surface area (TPSA) is 250 Å². The molecule has 0 saturated heterocycles. The summed E-state index contributed by atoms with van der Waals surface area (Å²) in [7, 11) is 0. The number of aromatic nitrogens is 4. The summed E-state index contributed by atoms with van der Waals surface area (Å²) in [5, 5.41) is 95.5. The molecule has 0 unspecified atom stereocenters. The summed E-state index contributed by atoms with van der Waals surface area (Å²) in [4.78, 5) is 10.9. The van der Waals surface area contributed by atoms with Crippen LogP contribution in [-0.4, -0.2) is 19.1 Å². The highest BCUT2D eigenvalue weighted by molar-refractivity contribution is 6.14. The molecule has 0 bridgehead atoms. The van der Waals surface area contributed by atoms with Gasteiger partial charge >= 0.3 is 0 Å². The van der Waals surface area contributed by atoms with E-state index in [4.69, 9.17) is 9.97 Å². The van der Waals surface area contributed by atoms with Crippen molar-refractivity contribution in [1.82, 2.24) is 19.1 Å². The minimum atomic E-state index is 0.261. The zero-order valence-corrected chi connectivity index (χ0v) is 48.2. The molecule has 0 aliphatic rings. The van der Waals surface area contributed by atoms with E-state index in [2.05, 4.69) is 59.2 Å². The Hall–Kier alpha value is -14.5. The van der Waals surface area contributed by atoms with Gasteiger partial charge in [0.2, 0.25) is 0 Å². The highest BCUT2D eigenvalue weighted by Gasteiger charge is 2.26. The van der Waals surface area contributed by atoms with E-state index < -0.39 is 0 Å². The van der Waals surface area contributed by atoms with Crippen LogP contribution < -0.4 is 0 Å². The van der Waals surface area contributed by atoms with E-state index in [1.165, 1.54) is 12.1 Å². The molecule has 0 atom stereocenters. The van der Waals surface area contributed by atoms with Gasteiger partial charge in [0.05, 0.1) is 143 Å². The van der Waals surface area contributed by atoms with Crippen molar-refractivity contribution in [3.8, 4) is 144 Å². The van der Waals surface area contributed by atoms with Gasteiger partial charge in [0.1, 0.15) is 6.07 Å². The van der Waals surface area contributed by atoms with Crippen LogP contribution in [0.5, 0.6) is 0 Å². The molecule has 0 N–H and O–H groups in total. The summed E-state index contributed by atoms with van der Waals surface area (Å²) in [6.07, 6.45) is 0. The van der Waals surface area contributed by atoms with Crippen LogP contribution in [-0.2, 0) is 0 Å². The predicted octanol–water partition coefficient (Wildman–Crippen LogP) is 17.2. The average Bonchev–Trinajstić information content (AvgIpc) is 1.57. The lowest BCUT2D eigenvalue weighted by atomic mass is 9.97. The van der Waals surface area contributed by atoms with E-state index in [1.807, 2.05) is 156 Å². The van der Waals surface area contributed by atoms with E-state index in [-0.39, 0.29) is 5.56 Å². The SMILES string of the molecule is N#Cc1cc(C#N)cc(-c2ccc3c(c2)c2cc(-c4cc(C#N)cc(C#N)c4)ccc2n3-c2cc(-c3nc(-c4ccccc4)cc(-c4ccccc4)n3)c(-n3c4ccc(-c5cc(C#N)cc(C#N)c5)cc4c4cc(-c5cc(C#N)cc(C#N)c5)ccc43)cc2C#N)c1. The zero-order chi connectivity index (χ0) is 63.1. The Morgan fingerprint density at radius 1 is 0.239 bits per heavy atom. The van der Waals surface area contributed by atoms with Crippen LogP contribution >= 0.6 is 0 Å². The van der Waals surface area contributed by atoms with Gasteiger partial charge in [0, 0.05) is 38.2 Å². The fourth-order valence-corrected chi connectivity index (χ4v) is 12.3. The van der Waals surface area contributed by atoms with E-state index in [9.17, 15) is 47.4 Å². The summed E-state index contributed by atoms with van der Waals surface area (Å²) < 4.78 is 4.11. The van der Waals surface area contributed by atoms with Gasteiger partial charge in [-0.15, -0.1) is 0 Å². The predicted molar refractivity (Wildman–Crippen MR) is 351 cm³/mol. The van der Waals surface area contributed by atoms with Crippen LogP contribution in [0.1, 0.15) is 50.1 Å².